The van der Waals surface area contributed by atoms with Crippen LogP contribution in [0.5, 0.6) is 17.2 Å². The summed E-state index contributed by atoms with van der Waals surface area (Å²) in [5.41, 5.74) is 2.07. The van der Waals surface area contributed by atoms with E-state index >= 15 is 0 Å². The van der Waals surface area contributed by atoms with Crippen LogP contribution >= 0.6 is 11.3 Å². The maximum atomic E-state index is 12.2. The lowest BCUT2D eigenvalue weighted by atomic mass is 10.2. The van der Waals surface area contributed by atoms with Crippen LogP contribution in [0.15, 0.2) is 35.2 Å². The Hall–Kier alpha value is -3.27. The van der Waals surface area contributed by atoms with Crippen LogP contribution in [0.3, 0.4) is 0 Å². The first-order valence-corrected chi connectivity index (χ1v) is 8.87. The van der Waals surface area contributed by atoms with Gasteiger partial charge in [0.2, 0.25) is 5.75 Å². The molecule has 0 saturated carbocycles. The molecule has 2 N–H and O–H groups in total. The van der Waals surface area contributed by atoms with Crippen LogP contribution in [-0.4, -0.2) is 42.4 Å². The zero-order chi connectivity index (χ0) is 19.2. The molecule has 2 aromatic heterocycles. The number of thiophene rings is 1. The third kappa shape index (κ3) is 4.29. The molecule has 3 rings (SSSR count). The Morgan fingerprint density at radius 3 is 2.52 bits per heavy atom. The number of rotatable bonds is 7. The fourth-order valence-electron chi connectivity index (χ4n) is 2.39. The first-order chi connectivity index (χ1) is 13.1. The van der Waals surface area contributed by atoms with E-state index in [-0.39, 0.29) is 6.54 Å². The lowest BCUT2D eigenvalue weighted by Gasteiger charge is -2.14. The van der Waals surface area contributed by atoms with E-state index < -0.39 is 6.03 Å². The number of nitrogens with one attached hydrogen (secondary N) is 2. The molecule has 0 spiro atoms. The van der Waals surface area contributed by atoms with Crippen molar-refractivity contribution in [3.63, 3.8) is 0 Å². The summed E-state index contributed by atoms with van der Waals surface area (Å²) in [5, 5.41) is 17.5. The largest absolute Gasteiger partial charge is 0.493 e. The minimum absolute atomic E-state index is 0.237. The van der Waals surface area contributed by atoms with E-state index in [1.54, 1.807) is 34.3 Å². The summed E-state index contributed by atoms with van der Waals surface area (Å²) in [5.74, 6) is 1.35. The van der Waals surface area contributed by atoms with Gasteiger partial charge in [-0.3, -0.25) is 0 Å². The second-order valence-corrected chi connectivity index (χ2v) is 6.14. The molecule has 0 aliphatic rings. The van der Waals surface area contributed by atoms with Crippen molar-refractivity contribution < 1.29 is 19.0 Å². The Kier molecular flexibility index (Phi) is 5.77. The first-order valence-electron chi connectivity index (χ1n) is 7.93. The van der Waals surface area contributed by atoms with E-state index in [0.29, 0.717) is 28.6 Å². The van der Waals surface area contributed by atoms with Gasteiger partial charge in [-0.05, 0) is 11.4 Å². The highest BCUT2D eigenvalue weighted by Gasteiger charge is 2.14. The average Bonchev–Trinajstić information content (AvgIpc) is 3.37. The van der Waals surface area contributed by atoms with E-state index in [1.807, 2.05) is 16.8 Å². The molecule has 0 saturated heterocycles. The fourth-order valence-corrected chi connectivity index (χ4v) is 3.02. The number of hydrogen-bond donors (Lipinski definition) is 2. The van der Waals surface area contributed by atoms with Gasteiger partial charge in [0.05, 0.1) is 45.4 Å². The van der Waals surface area contributed by atoms with Crippen molar-refractivity contribution in [3.8, 4) is 22.9 Å². The van der Waals surface area contributed by atoms with Crippen LogP contribution in [0.25, 0.3) is 5.69 Å². The number of carbonyl (C=O) groups is 1. The van der Waals surface area contributed by atoms with Crippen LogP contribution in [0.4, 0.5) is 10.5 Å². The Bertz CT molecular complexity index is 885. The second kappa shape index (κ2) is 8.41. The van der Waals surface area contributed by atoms with E-state index in [1.165, 1.54) is 21.3 Å². The number of methoxy groups -OCH3 is 3. The topological polar surface area (TPSA) is 99.5 Å². The maximum Gasteiger partial charge on any atom is 0.319 e. The van der Waals surface area contributed by atoms with Gasteiger partial charge in [-0.1, -0.05) is 5.21 Å². The van der Waals surface area contributed by atoms with Crippen LogP contribution < -0.4 is 24.8 Å². The molecule has 0 radical (unpaired) electrons. The Balaban J connectivity index is 1.62. The number of nitrogens with zero attached hydrogens (tertiary/aromatic N) is 3. The third-order valence-corrected chi connectivity index (χ3v) is 4.33. The van der Waals surface area contributed by atoms with Crippen molar-refractivity contribution in [1.82, 2.24) is 20.3 Å². The third-order valence-electron chi connectivity index (χ3n) is 3.66. The van der Waals surface area contributed by atoms with Gasteiger partial charge in [-0.15, -0.1) is 5.10 Å². The van der Waals surface area contributed by atoms with Crippen molar-refractivity contribution in [1.29, 1.82) is 0 Å². The predicted octanol–water partition coefficient (Wildman–Crippen LogP) is 2.68. The van der Waals surface area contributed by atoms with Gasteiger partial charge in [0.25, 0.3) is 0 Å². The quantitative estimate of drug-likeness (QED) is 0.645. The lowest BCUT2D eigenvalue weighted by Crippen LogP contribution is -2.28. The van der Waals surface area contributed by atoms with E-state index in [0.717, 1.165) is 5.69 Å². The standard InChI is InChI=1S/C17H19N5O4S/c1-24-14-6-11(7-15(25-2)16(14)26-3)19-17(23)18-8-12-9-22(21-20-12)13-4-5-27-10-13/h4-7,9-10H,8H2,1-3H3,(H2,18,19,23). The van der Waals surface area contributed by atoms with Crippen molar-refractivity contribution in [3.05, 3.63) is 40.8 Å². The van der Waals surface area contributed by atoms with E-state index in [4.69, 9.17) is 14.2 Å². The summed E-state index contributed by atoms with van der Waals surface area (Å²) in [6, 6.07) is 4.84. The van der Waals surface area contributed by atoms with Gasteiger partial charge < -0.3 is 24.8 Å². The van der Waals surface area contributed by atoms with E-state index in [2.05, 4.69) is 20.9 Å². The number of hydrogen-bond acceptors (Lipinski definition) is 7. The van der Waals surface area contributed by atoms with Gasteiger partial charge in [-0.2, -0.15) is 11.3 Å². The summed E-state index contributed by atoms with van der Waals surface area (Å²) < 4.78 is 17.5. The SMILES string of the molecule is COc1cc(NC(=O)NCc2cn(-c3ccsc3)nn2)cc(OC)c1OC. The molecule has 142 valence electrons. The highest BCUT2D eigenvalue weighted by molar-refractivity contribution is 7.08. The van der Waals surface area contributed by atoms with Gasteiger partial charge in [0.1, 0.15) is 5.69 Å². The smallest absolute Gasteiger partial charge is 0.319 e. The van der Waals surface area contributed by atoms with Crippen molar-refractivity contribution in [2.45, 2.75) is 6.54 Å². The highest BCUT2D eigenvalue weighted by atomic mass is 32.1. The molecule has 10 heteroatoms. The fraction of sp³-hybridized carbons (Fsp3) is 0.235. The molecule has 0 atom stereocenters. The van der Waals surface area contributed by atoms with Gasteiger partial charge in [-0.25, -0.2) is 9.48 Å². The Morgan fingerprint density at radius 1 is 1.19 bits per heavy atom. The summed E-state index contributed by atoms with van der Waals surface area (Å²) in [7, 11) is 4.54. The summed E-state index contributed by atoms with van der Waals surface area (Å²) in [6.07, 6.45) is 1.77. The van der Waals surface area contributed by atoms with Crippen molar-refractivity contribution >= 4 is 23.1 Å². The molecule has 0 unspecified atom stereocenters. The molecule has 27 heavy (non-hydrogen) atoms. The van der Waals surface area contributed by atoms with Crippen molar-refractivity contribution in [2.75, 3.05) is 26.6 Å². The number of ether oxygens (including phenoxy) is 3. The molecule has 2 heterocycles. The zero-order valence-corrected chi connectivity index (χ0v) is 15.9. The number of aromatic nitrogens is 3. The number of benzene rings is 1. The first kappa shape index (κ1) is 18.5. The molecule has 2 amide bonds. The molecule has 9 nitrogen and oxygen atoms in total. The molecule has 1 aromatic carbocycles. The molecular weight excluding hydrogens is 370 g/mol. The normalized spacial score (nSPS) is 10.3. The molecule has 0 bridgehead atoms. The second-order valence-electron chi connectivity index (χ2n) is 5.36. The minimum atomic E-state index is -0.394. The Labute approximate surface area is 159 Å². The van der Waals surface area contributed by atoms with Crippen LogP contribution in [0.1, 0.15) is 5.69 Å². The van der Waals surface area contributed by atoms with E-state index in [9.17, 15) is 4.79 Å². The lowest BCUT2D eigenvalue weighted by molar-refractivity contribution is 0.251. The number of anilines is 1. The van der Waals surface area contributed by atoms with Gasteiger partial charge in [0, 0.05) is 17.5 Å². The van der Waals surface area contributed by atoms with Gasteiger partial charge >= 0.3 is 6.03 Å². The van der Waals surface area contributed by atoms with Crippen molar-refractivity contribution in [2.24, 2.45) is 0 Å². The molecule has 3 aromatic rings. The molecule has 0 aliphatic heterocycles. The molecular formula is C17H19N5O4S. The number of carbonyl (C=O) groups excluding carboxylic acids is 1. The Morgan fingerprint density at radius 2 is 1.93 bits per heavy atom. The summed E-state index contributed by atoms with van der Waals surface area (Å²) in [6.45, 7) is 0.237. The molecule has 0 aliphatic carbocycles. The molecule has 0 fully saturated rings. The average molecular weight is 389 g/mol. The highest BCUT2D eigenvalue weighted by Crippen LogP contribution is 2.39. The van der Waals surface area contributed by atoms with Crippen LogP contribution in [0.2, 0.25) is 0 Å². The summed E-state index contributed by atoms with van der Waals surface area (Å²) >= 11 is 1.57. The number of urea groups is 1. The maximum absolute atomic E-state index is 12.2. The van der Waals surface area contributed by atoms with Crippen LogP contribution in [0, 0.1) is 0 Å². The minimum Gasteiger partial charge on any atom is -0.493 e. The number of amides is 2. The monoisotopic (exact) mass is 389 g/mol. The van der Waals surface area contributed by atoms with Gasteiger partial charge in [0.15, 0.2) is 11.5 Å². The van der Waals surface area contributed by atoms with Crippen LogP contribution in [-0.2, 0) is 6.54 Å². The zero-order valence-electron chi connectivity index (χ0n) is 15.1. The predicted molar refractivity (Wildman–Crippen MR) is 101 cm³/mol. The summed E-state index contributed by atoms with van der Waals surface area (Å²) in [4.78, 5) is 12.2.